The van der Waals surface area contributed by atoms with Gasteiger partial charge in [-0.2, -0.15) is 0 Å². The number of benzene rings is 1. The van der Waals surface area contributed by atoms with E-state index in [1.165, 1.54) is 12.1 Å². The van der Waals surface area contributed by atoms with E-state index in [0.29, 0.717) is 12.4 Å². The number of hydrogen-bond donors (Lipinski definition) is 1. The number of ether oxygens (including phenoxy) is 3. The minimum atomic E-state index is -3.98. The first-order valence-electron chi connectivity index (χ1n) is 9.02. The summed E-state index contributed by atoms with van der Waals surface area (Å²) in [5, 5.41) is 0. The van der Waals surface area contributed by atoms with Crippen LogP contribution in [0.15, 0.2) is 29.2 Å². The predicted octanol–water partition coefficient (Wildman–Crippen LogP) is 2.08. The van der Waals surface area contributed by atoms with Crippen LogP contribution in [-0.4, -0.2) is 50.6 Å². The van der Waals surface area contributed by atoms with Crippen LogP contribution in [0.3, 0.4) is 0 Å². The van der Waals surface area contributed by atoms with Crippen LogP contribution >= 0.6 is 0 Å². The second-order valence-electron chi connectivity index (χ2n) is 7.87. The topological polar surface area (TPSA) is 105 Å². The van der Waals surface area contributed by atoms with Crippen LogP contribution < -0.4 is 10.5 Å². The van der Waals surface area contributed by atoms with Gasteiger partial charge in [0.25, 0.3) is 0 Å². The predicted molar refractivity (Wildman–Crippen MR) is 101 cm³/mol. The number of hydrogen-bond acceptors (Lipinski definition) is 7. The highest BCUT2D eigenvalue weighted by molar-refractivity contribution is 7.93. The highest BCUT2D eigenvalue weighted by Gasteiger charge is 2.54. The maximum atomic E-state index is 13.4. The molecule has 2 N–H and O–H groups in total. The van der Waals surface area contributed by atoms with Crippen molar-refractivity contribution in [2.45, 2.75) is 61.8 Å². The summed E-state index contributed by atoms with van der Waals surface area (Å²) >= 11 is 0. The molecule has 8 heteroatoms. The number of sulfone groups is 1. The maximum absolute atomic E-state index is 13.4. The van der Waals surface area contributed by atoms with Crippen molar-refractivity contribution in [3.05, 3.63) is 24.3 Å². The fraction of sp³-hybridized carbons (Fsp3) is 0.632. The normalized spacial score (nSPS) is 18.6. The lowest BCUT2D eigenvalue weighted by Gasteiger charge is -2.36. The highest BCUT2D eigenvalue weighted by atomic mass is 32.2. The molecular weight excluding hydrogens is 370 g/mol. The third-order valence-electron chi connectivity index (χ3n) is 4.23. The van der Waals surface area contributed by atoms with E-state index in [2.05, 4.69) is 0 Å². The van der Waals surface area contributed by atoms with Crippen LogP contribution in [0.5, 0.6) is 5.75 Å². The molecule has 0 aromatic heterocycles. The molecule has 1 aliphatic heterocycles. The van der Waals surface area contributed by atoms with E-state index < -0.39 is 26.2 Å². The fourth-order valence-corrected chi connectivity index (χ4v) is 4.73. The Morgan fingerprint density at radius 3 is 2.26 bits per heavy atom. The second kappa shape index (κ2) is 8.16. The van der Waals surface area contributed by atoms with Crippen molar-refractivity contribution in [1.82, 2.24) is 0 Å². The van der Waals surface area contributed by atoms with Gasteiger partial charge in [-0.15, -0.1) is 0 Å². The Kier molecular flexibility index (Phi) is 6.55. The number of carbonyl (C=O) groups is 1. The Morgan fingerprint density at radius 2 is 1.78 bits per heavy atom. The maximum Gasteiger partial charge on any atom is 0.328 e. The summed E-state index contributed by atoms with van der Waals surface area (Å²) in [6.07, 6.45) is 0.125. The highest BCUT2D eigenvalue weighted by Crippen LogP contribution is 2.37. The van der Waals surface area contributed by atoms with Crippen LogP contribution in [0.4, 0.5) is 0 Å². The molecule has 1 aromatic carbocycles. The SMILES string of the molecule is C[C@@H](N)COc1ccc(S(=O)(=O)C2(C(=O)OC(C)(C)C)CCOCC2)cc1. The lowest BCUT2D eigenvalue weighted by molar-refractivity contribution is -0.160. The van der Waals surface area contributed by atoms with Crippen molar-refractivity contribution in [2.75, 3.05) is 19.8 Å². The van der Waals surface area contributed by atoms with E-state index in [4.69, 9.17) is 19.9 Å². The third kappa shape index (κ3) is 5.00. The Balaban J connectivity index is 2.35. The summed E-state index contributed by atoms with van der Waals surface area (Å²) in [4.78, 5) is 13.0. The molecule has 1 aromatic rings. The Morgan fingerprint density at radius 1 is 1.22 bits per heavy atom. The molecule has 0 aliphatic carbocycles. The number of rotatable bonds is 6. The Labute approximate surface area is 161 Å². The van der Waals surface area contributed by atoms with E-state index in [9.17, 15) is 13.2 Å². The summed E-state index contributed by atoms with van der Waals surface area (Å²) in [7, 11) is -3.98. The van der Waals surface area contributed by atoms with Crippen molar-refractivity contribution in [2.24, 2.45) is 5.73 Å². The van der Waals surface area contributed by atoms with E-state index in [-0.39, 0.29) is 37.0 Å². The number of carbonyl (C=O) groups excluding carboxylic acids is 1. The average Bonchev–Trinajstić information content (AvgIpc) is 2.59. The van der Waals surface area contributed by atoms with Crippen LogP contribution in [0.1, 0.15) is 40.5 Å². The van der Waals surface area contributed by atoms with E-state index in [1.807, 2.05) is 6.92 Å². The molecular formula is C19H29NO6S. The molecule has 152 valence electrons. The molecule has 0 unspecified atom stereocenters. The van der Waals surface area contributed by atoms with Gasteiger partial charge in [-0.3, -0.25) is 4.79 Å². The summed E-state index contributed by atoms with van der Waals surface area (Å²) in [6.45, 7) is 7.67. The first kappa shape index (κ1) is 21.7. The van der Waals surface area contributed by atoms with Gasteiger partial charge in [0.2, 0.25) is 0 Å². The van der Waals surface area contributed by atoms with Gasteiger partial charge in [0.15, 0.2) is 14.6 Å². The molecule has 0 amide bonds. The molecule has 27 heavy (non-hydrogen) atoms. The first-order chi connectivity index (χ1) is 12.5. The second-order valence-corrected chi connectivity index (χ2v) is 10.1. The quantitative estimate of drug-likeness (QED) is 0.730. The molecule has 1 atom stereocenters. The summed E-state index contributed by atoms with van der Waals surface area (Å²) in [5.74, 6) is -0.208. The van der Waals surface area contributed by atoms with Gasteiger partial charge in [-0.25, -0.2) is 8.42 Å². The Bertz CT molecular complexity index is 743. The lowest BCUT2D eigenvalue weighted by atomic mass is 9.99. The van der Waals surface area contributed by atoms with Gasteiger partial charge < -0.3 is 19.9 Å². The minimum Gasteiger partial charge on any atom is -0.492 e. The number of esters is 1. The molecule has 0 bridgehead atoms. The Hall–Kier alpha value is -1.64. The summed E-state index contributed by atoms with van der Waals surface area (Å²) in [5.41, 5.74) is 4.87. The van der Waals surface area contributed by atoms with Crippen molar-refractivity contribution in [3.63, 3.8) is 0 Å². The zero-order chi connectivity index (χ0) is 20.3. The summed E-state index contributed by atoms with van der Waals surface area (Å²) < 4.78 is 41.4. The minimum absolute atomic E-state index is 0.0587. The van der Waals surface area contributed by atoms with E-state index in [1.54, 1.807) is 32.9 Å². The molecule has 0 saturated carbocycles. The first-order valence-corrected chi connectivity index (χ1v) is 10.5. The van der Waals surface area contributed by atoms with Crippen molar-refractivity contribution in [3.8, 4) is 5.75 Å². The monoisotopic (exact) mass is 399 g/mol. The zero-order valence-corrected chi connectivity index (χ0v) is 17.2. The molecule has 7 nitrogen and oxygen atoms in total. The van der Waals surface area contributed by atoms with Gasteiger partial charge in [0, 0.05) is 32.1 Å². The van der Waals surface area contributed by atoms with Crippen molar-refractivity contribution >= 4 is 15.8 Å². The molecule has 1 aliphatic rings. The molecule has 1 saturated heterocycles. The van der Waals surface area contributed by atoms with Crippen molar-refractivity contribution < 1.29 is 27.4 Å². The fourth-order valence-electron chi connectivity index (χ4n) is 2.82. The molecule has 2 rings (SSSR count). The molecule has 1 heterocycles. The van der Waals surface area contributed by atoms with Gasteiger partial charge >= 0.3 is 5.97 Å². The molecule has 0 radical (unpaired) electrons. The van der Waals surface area contributed by atoms with Gasteiger partial charge in [-0.1, -0.05) is 0 Å². The average molecular weight is 400 g/mol. The smallest absolute Gasteiger partial charge is 0.328 e. The number of nitrogens with two attached hydrogens (primary N) is 1. The third-order valence-corrected chi connectivity index (χ3v) is 6.73. The van der Waals surface area contributed by atoms with Gasteiger partial charge in [-0.05, 0) is 52.0 Å². The summed E-state index contributed by atoms with van der Waals surface area (Å²) in [6, 6.07) is 5.90. The largest absolute Gasteiger partial charge is 0.492 e. The van der Waals surface area contributed by atoms with Gasteiger partial charge in [0.05, 0.1) is 4.90 Å². The van der Waals surface area contributed by atoms with Gasteiger partial charge in [0.1, 0.15) is 18.0 Å². The molecule has 1 fully saturated rings. The van der Waals surface area contributed by atoms with Crippen LogP contribution in [0, 0.1) is 0 Å². The van der Waals surface area contributed by atoms with Crippen molar-refractivity contribution in [1.29, 1.82) is 0 Å². The standard InChI is InChI=1S/C19H29NO6S/c1-14(20)13-25-15-5-7-16(8-6-15)27(22,23)19(9-11-24-12-10-19)17(21)26-18(2,3)4/h5-8,14H,9-13,20H2,1-4H3/t14-/m1/s1. The van der Waals surface area contributed by atoms with Crippen LogP contribution in [0.25, 0.3) is 0 Å². The van der Waals surface area contributed by atoms with E-state index >= 15 is 0 Å². The zero-order valence-electron chi connectivity index (χ0n) is 16.4. The van der Waals surface area contributed by atoms with Crippen LogP contribution in [-0.2, 0) is 24.1 Å². The van der Waals surface area contributed by atoms with E-state index in [0.717, 1.165) is 0 Å². The van der Waals surface area contributed by atoms with Crippen LogP contribution in [0.2, 0.25) is 0 Å². The molecule has 0 spiro atoms. The lowest BCUT2D eigenvalue weighted by Crippen LogP contribution is -2.53.